The van der Waals surface area contributed by atoms with Gasteiger partial charge in [0.05, 0.1) is 6.54 Å². The van der Waals surface area contributed by atoms with Gasteiger partial charge < -0.3 is 0 Å². The van der Waals surface area contributed by atoms with Crippen molar-refractivity contribution in [2.75, 3.05) is 12.3 Å². The van der Waals surface area contributed by atoms with Gasteiger partial charge in [0.15, 0.2) is 5.17 Å². The molecule has 0 spiro atoms. The van der Waals surface area contributed by atoms with Gasteiger partial charge in [-0.1, -0.05) is 41.6 Å². The minimum atomic E-state index is -0.623. The van der Waals surface area contributed by atoms with Gasteiger partial charge in [-0.05, 0) is 6.92 Å². The second-order valence-electron chi connectivity index (χ2n) is 3.68. The molecule has 0 atom stereocenters. The third kappa shape index (κ3) is 2.94. The Morgan fingerprint density at radius 1 is 1.29 bits per heavy atom. The van der Waals surface area contributed by atoms with Gasteiger partial charge in [0.1, 0.15) is 0 Å². The van der Waals surface area contributed by atoms with Crippen LogP contribution in [0.4, 0.5) is 0 Å². The van der Waals surface area contributed by atoms with Crippen LogP contribution in [0.1, 0.15) is 15.9 Å². The molecule has 0 radical (unpaired) electrons. The largest absolute Gasteiger partial charge is 0.298 e. The van der Waals surface area contributed by atoms with Gasteiger partial charge in [-0.25, -0.2) is 0 Å². The molecule has 17 heavy (non-hydrogen) atoms. The number of amides is 1. The fourth-order valence-corrected chi connectivity index (χ4v) is 2.12. The zero-order chi connectivity index (χ0) is 12.3. The Hall–Kier alpha value is -1.62. The molecular weight excluding hydrogens is 236 g/mol. The lowest BCUT2D eigenvalue weighted by Gasteiger charge is -2.03. The molecule has 0 aromatic heterocycles. The van der Waals surface area contributed by atoms with Gasteiger partial charge >= 0.3 is 0 Å². The van der Waals surface area contributed by atoms with E-state index in [1.165, 1.54) is 11.8 Å². The monoisotopic (exact) mass is 248 g/mol. The van der Waals surface area contributed by atoms with Crippen molar-refractivity contribution >= 4 is 28.6 Å². The van der Waals surface area contributed by atoms with Crippen LogP contribution in [-0.4, -0.2) is 29.2 Å². The van der Waals surface area contributed by atoms with E-state index in [9.17, 15) is 9.59 Å². The first-order chi connectivity index (χ1) is 8.16. The van der Waals surface area contributed by atoms with Crippen LogP contribution in [0.2, 0.25) is 0 Å². The molecular formula is C12H12N2O2S. The Kier molecular flexibility index (Phi) is 3.58. The van der Waals surface area contributed by atoms with Gasteiger partial charge in [-0.3, -0.25) is 19.9 Å². The maximum absolute atomic E-state index is 11.8. The van der Waals surface area contributed by atoms with E-state index in [0.29, 0.717) is 17.3 Å². The van der Waals surface area contributed by atoms with Crippen molar-refractivity contribution in [3.05, 3.63) is 35.4 Å². The predicted octanol–water partition coefficient (Wildman–Crippen LogP) is 1.40. The Balaban J connectivity index is 2.04. The normalized spacial score (nSPS) is 14.3. The summed E-state index contributed by atoms with van der Waals surface area (Å²) >= 11 is 1.45. The van der Waals surface area contributed by atoms with Crippen molar-refractivity contribution in [3.63, 3.8) is 0 Å². The smallest absolute Gasteiger partial charge is 0.298 e. The summed E-state index contributed by atoms with van der Waals surface area (Å²) in [6, 6.07) is 6.92. The summed E-state index contributed by atoms with van der Waals surface area (Å²) in [5.41, 5.74) is 1.45. The summed E-state index contributed by atoms with van der Waals surface area (Å²) in [6.45, 7) is 2.62. The van der Waals surface area contributed by atoms with Crippen molar-refractivity contribution in [1.82, 2.24) is 5.32 Å². The first kappa shape index (κ1) is 11.9. The zero-order valence-corrected chi connectivity index (χ0v) is 10.2. The molecule has 88 valence electrons. The third-order valence-electron chi connectivity index (χ3n) is 2.33. The van der Waals surface area contributed by atoms with Crippen LogP contribution in [0, 0.1) is 6.92 Å². The highest BCUT2D eigenvalue weighted by Gasteiger charge is 2.19. The maximum Gasteiger partial charge on any atom is 0.298 e. The van der Waals surface area contributed by atoms with Crippen LogP contribution in [0.15, 0.2) is 29.3 Å². The molecule has 1 aliphatic heterocycles. The lowest BCUT2D eigenvalue weighted by atomic mass is 10.1. The molecule has 0 aliphatic carbocycles. The van der Waals surface area contributed by atoms with Gasteiger partial charge in [0, 0.05) is 11.3 Å². The molecule has 1 aliphatic rings. The molecule has 1 amide bonds. The lowest BCUT2D eigenvalue weighted by Crippen LogP contribution is -2.33. The number of carbonyl (C=O) groups is 2. The number of benzene rings is 1. The first-order valence-corrected chi connectivity index (χ1v) is 6.25. The number of hydrogen-bond acceptors (Lipinski definition) is 4. The number of hydrogen-bond donors (Lipinski definition) is 1. The number of aryl methyl sites for hydroxylation is 1. The third-order valence-corrected chi connectivity index (χ3v) is 3.22. The molecule has 0 fully saturated rings. The van der Waals surface area contributed by atoms with Crippen molar-refractivity contribution < 1.29 is 9.59 Å². The quantitative estimate of drug-likeness (QED) is 0.635. The summed E-state index contributed by atoms with van der Waals surface area (Å²) in [5, 5.41) is 3.05. The molecule has 4 nitrogen and oxygen atoms in total. The van der Waals surface area contributed by atoms with Crippen molar-refractivity contribution in [1.29, 1.82) is 0 Å². The highest BCUT2D eigenvalue weighted by Crippen LogP contribution is 2.09. The maximum atomic E-state index is 11.8. The molecule has 0 bridgehead atoms. The number of aliphatic imine (C=N–C) groups is 1. The summed E-state index contributed by atoms with van der Waals surface area (Å²) in [6.07, 6.45) is 0. The average Bonchev–Trinajstić information content (AvgIpc) is 2.82. The van der Waals surface area contributed by atoms with Crippen molar-refractivity contribution in [2.45, 2.75) is 6.92 Å². The summed E-state index contributed by atoms with van der Waals surface area (Å²) in [5.74, 6) is -0.295. The first-order valence-electron chi connectivity index (χ1n) is 5.26. The van der Waals surface area contributed by atoms with Crippen molar-refractivity contribution in [3.8, 4) is 0 Å². The van der Waals surface area contributed by atoms with E-state index >= 15 is 0 Å². The minimum Gasteiger partial charge on any atom is -0.298 e. The molecule has 5 heteroatoms. The topological polar surface area (TPSA) is 58.5 Å². The van der Waals surface area contributed by atoms with E-state index in [0.717, 1.165) is 11.3 Å². The van der Waals surface area contributed by atoms with E-state index in [-0.39, 0.29) is 0 Å². The number of nitrogens with zero attached hydrogens (tertiary/aromatic N) is 1. The molecule has 0 unspecified atom stereocenters. The van der Waals surface area contributed by atoms with Gasteiger partial charge in [0.2, 0.25) is 0 Å². The minimum absolute atomic E-state index is 0.400. The predicted molar refractivity (Wildman–Crippen MR) is 68.4 cm³/mol. The molecule has 1 aromatic rings. The van der Waals surface area contributed by atoms with E-state index in [2.05, 4.69) is 10.3 Å². The van der Waals surface area contributed by atoms with Gasteiger partial charge in [-0.15, -0.1) is 0 Å². The number of carbonyl (C=O) groups excluding carboxylic acids is 2. The zero-order valence-electron chi connectivity index (χ0n) is 9.40. The van der Waals surface area contributed by atoms with Crippen LogP contribution in [0.5, 0.6) is 0 Å². The molecule has 0 saturated heterocycles. The van der Waals surface area contributed by atoms with E-state index in [1.54, 1.807) is 12.1 Å². The van der Waals surface area contributed by atoms with E-state index in [1.807, 2.05) is 19.1 Å². The lowest BCUT2D eigenvalue weighted by molar-refractivity contribution is -0.115. The fourth-order valence-electron chi connectivity index (χ4n) is 1.40. The van der Waals surface area contributed by atoms with Crippen LogP contribution in [0.3, 0.4) is 0 Å². The van der Waals surface area contributed by atoms with Crippen LogP contribution in [0.25, 0.3) is 0 Å². The molecule has 0 saturated carbocycles. The standard InChI is InChI=1S/C12H12N2O2S/c1-8-2-4-9(5-3-8)10(15)11(16)14-12-13-6-7-17-12/h2-5H,6-7H2,1H3,(H,13,14,16). The summed E-state index contributed by atoms with van der Waals surface area (Å²) in [7, 11) is 0. The van der Waals surface area contributed by atoms with E-state index in [4.69, 9.17) is 0 Å². The van der Waals surface area contributed by atoms with Crippen LogP contribution in [-0.2, 0) is 4.79 Å². The van der Waals surface area contributed by atoms with Crippen LogP contribution < -0.4 is 5.32 Å². The number of rotatable bonds is 2. The van der Waals surface area contributed by atoms with Crippen LogP contribution >= 0.6 is 11.8 Å². The summed E-state index contributed by atoms with van der Waals surface area (Å²) in [4.78, 5) is 27.5. The summed E-state index contributed by atoms with van der Waals surface area (Å²) < 4.78 is 0. The molecule has 1 heterocycles. The highest BCUT2D eigenvalue weighted by atomic mass is 32.2. The molecule has 1 N–H and O–H groups in total. The van der Waals surface area contributed by atoms with Crippen molar-refractivity contribution in [2.24, 2.45) is 4.99 Å². The number of ketones is 1. The van der Waals surface area contributed by atoms with E-state index < -0.39 is 11.7 Å². The van der Waals surface area contributed by atoms with Gasteiger partial charge in [-0.2, -0.15) is 0 Å². The number of amidine groups is 1. The SMILES string of the molecule is Cc1ccc(C(=O)C(=O)NC2=NCCS2)cc1. The molecule has 2 rings (SSSR count). The highest BCUT2D eigenvalue weighted by molar-refractivity contribution is 8.14. The van der Waals surface area contributed by atoms with Gasteiger partial charge in [0.25, 0.3) is 11.7 Å². The number of thioether (sulfide) groups is 1. The molecule has 1 aromatic carbocycles. The fraction of sp³-hybridized carbons (Fsp3) is 0.250. The number of Topliss-reactive ketones (excluding diaryl/α,β-unsaturated/α-hetero) is 1. The second kappa shape index (κ2) is 5.14. The Labute approximate surface area is 104 Å². The Morgan fingerprint density at radius 3 is 2.59 bits per heavy atom. The Bertz CT molecular complexity index is 480. The number of nitrogens with one attached hydrogen (secondary N) is 1. The Morgan fingerprint density at radius 2 is 2.00 bits per heavy atom. The average molecular weight is 248 g/mol. The second-order valence-corrected chi connectivity index (χ2v) is 4.77.